The van der Waals surface area contributed by atoms with Crippen LogP contribution in [0.4, 0.5) is 37.2 Å². The molecule has 248 valence electrons. The number of anilines is 2. The molecule has 2 unspecified atom stereocenters. The molecular formula is C32H26F6N8OS. The molecule has 2 fully saturated rings. The van der Waals surface area contributed by atoms with E-state index in [4.69, 9.17) is 10.5 Å². The van der Waals surface area contributed by atoms with Crippen molar-refractivity contribution in [1.82, 2.24) is 24.6 Å². The molecule has 6 heterocycles. The van der Waals surface area contributed by atoms with E-state index in [-0.39, 0.29) is 69.5 Å². The van der Waals surface area contributed by atoms with Gasteiger partial charge in [-0.1, -0.05) is 6.07 Å². The van der Waals surface area contributed by atoms with Crippen LogP contribution in [0, 0.1) is 23.0 Å². The number of halogens is 6. The first-order valence-electron chi connectivity index (χ1n) is 15.3. The van der Waals surface area contributed by atoms with Gasteiger partial charge in [-0.3, -0.25) is 9.58 Å². The molecule has 0 aliphatic carbocycles. The molecule has 0 bridgehead atoms. The zero-order valence-corrected chi connectivity index (χ0v) is 25.9. The van der Waals surface area contributed by atoms with E-state index in [9.17, 15) is 27.2 Å². The highest BCUT2D eigenvalue weighted by Gasteiger charge is 2.49. The molecule has 0 radical (unpaired) electrons. The minimum Gasteiger partial charge on any atom is -0.461 e. The maximum atomic E-state index is 17.0. The van der Waals surface area contributed by atoms with E-state index in [1.807, 2.05) is 11.0 Å². The highest BCUT2D eigenvalue weighted by Crippen LogP contribution is 2.48. The molecule has 2 aromatic carbocycles. The second-order valence-corrected chi connectivity index (χ2v) is 13.5. The fourth-order valence-corrected chi connectivity index (χ4v) is 8.46. The largest absolute Gasteiger partial charge is 0.461 e. The topological polar surface area (TPSA) is 109 Å². The van der Waals surface area contributed by atoms with Crippen molar-refractivity contribution in [2.75, 3.05) is 36.9 Å². The van der Waals surface area contributed by atoms with Crippen LogP contribution in [0.5, 0.6) is 6.01 Å². The molecule has 8 rings (SSSR count). The number of nitriles is 1. The average Bonchev–Trinajstić information content (AvgIpc) is 3.81. The van der Waals surface area contributed by atoms with E-state index in [1.165, 1.54) is 0 Å². The first-order chi connectivity index (χ1) is 23.0. The van der Waals surface area contributed by atoms with Crippen LogP contribution in [-0.4, -0.2) is 62.6 Å². The van der Waals surface area contributed by atoms with Crippen molar-refractivity contribution in [3.05, 3.63) is 58.9 Å². The normalized spacial score (nSPS) is 21.2. The van der Waals surface area contributed by atoms with Crippen LogP contribution in [-0.2, 0) is 19.3 Å². The molecule has 3 aromatic heterocycles. The molecule has 2 atom stereocenters. The van der Waals surface area contributed by atoms with Crippen LogP contribution in [0.15, 0.2) is 30.5 Å². The third-order valence-electron chi connectivity index (χ3n) is 9.66. The minimum absolute atomic E-state index is 0.0124. The van der Waals surface area contributed by atoms with Gasteiger partial charge in [0.1, 0.15) is 41.0 Å². The summed E-state index contributed by atoms with van der Waals surface area (Å²) in [6, 6.07) is 6.04. The van der Waals surface area contributed by atoms with E-state index in [0.29, 0.717) is 37.4 Å². The molecule has 3 aliphatic heterocycles. The van der Waals surface area contributed by atoms with Crippen LogP contribution >= 0.6 is 11.3 Å². The molecule has 0 amide bonds. The van der Waals surface area contributed by atoms with Gasteiger partial charge >= 0.3 is 12.2 Å². The molecule has 48 heavy (non-hydrogen) atoms. The van der Waals surface area contributed by atoms with Gasteiger partial charge in [-0.2, -0.15) is 33.5 Å². The Kier molecular flexibility index (Phi) is 7.01. The summed E-state index contributed by atoms with van der Waals surface area (Å²) in [4.78, 5) is 12.6. The molecule has 2 saturated heterocycles. The average molecular weight is 685 g/mol. The third kappa shape index (κ3) is 4.73. The number of benzene rings is 2. The number of hydrogen-bond donors (Lipinski definition) is 1. The van der Waals surface area contributed by atoms with Gasteiger partial charge in [0.25, 0.3) is 0 Å². The number of aromatic nitrogens is 4. The zero-order valence-electron chi connectivity index (χ0n) is 25.1. The number of nitrogens with two attached hydrogens (primary N) is 1. The summed E-state index contributed by atoms with van der Waals surface area (Å²) in [7, 11) is 0. The summed E-state index contributed by atoms with van der Waals surface area (Å²) in [5.74, 6) is -2.13. The van der Waals surface area contributed by atoms with Gasteiger partial charge in [-0.25, -0.2) is 13.2 Å². The summed E-state index contributed by atoms with van der Waals surface area (Å²) in [5.41, 5.74) is 2.82. The van der Waals surface area contributed by atoms with Gasteiger partial charge in [0.15, 0.2) is 5.82 Å². The lowest BCUT2D eigenvalue weighted by Crippen LogP contribution is -2.43. The molecule has 9 nitrogen and oxygen atoms in total. The smallest absolute Gasteiger partial charge is 0.417 e. The monoisotopic (exact) mass is 684 g/mol. The number of fused-ring (bicyclic) bond motifs is 4. The molecule has 0 spiro atoms. The van der Waals surface area contributed by atoms with Crippen molar-refractivity contribution >= 4 is 43.1 Å². The Balaban J connectivity index is 1.35. The van der Waals surface area contributed by atoms with Crippen molar-refractivity contribution in [1.29, 1.82) is 5.26 Å². The van der Waals surface area contributed by atoms with Crippen molar-refractivity contribution < 1.29 is 31.1 Å². The Morgan fingerprint density at radius 2 is 1.98 bits per heavy atom. The second kappa shape index (κ2) is 11.0. The summed E-state index contributed by atoms with van der Waals surface area (Å²) in [5, 5.41) is 13.5. The maximum absolute atomic E-state index is 17.0. The third-order valence-corrected chi connectivity index (χ3v) is 10.7. The lowest BCUT2D eigenvalue weighted by Gasteiger charge is -2.32. The molecule has 3 aliphatic rings. The summed E-state index contributed by atoms with van der Waals surface area (Å²) >= 11 is 0.693. The predicted octanol–water partition coefficient (Wildman–Crippen LogP) is 6.43. The van der Waals surface area contributed by atoms with E-state index in [2.05, 4.69) is 15.1 Å². The highest BCUT2D eigenvalue weighted by atomic mass is 32.1. The summed E-state index contributed by atoms with van der Waals surface area (Å²) < 4.78 is 98.8. The van der Waals surface area contributed by atoms with Crippen LogP contribution in [0.3, 0.4) is 0 Å². The van der Waals surface area contributed by atoms with Crippen molar-refractivity contribution in [2.45, 2.75) is 50.2 Å². The summed E-state index contributed by atoms with van der Waals surface area (Å²) in [6.07, 6.45) is -2.71. The van der Waals surface area contributed by atoms with E-state index < -0.39 is 46.2 Å². The first-order valence-corrected chi connectivity index (χ1v) is 16.1. The Morgan fingerprint density at radius 3 is 2.77 bits per heavy atom. The quantitative estimate of drug-likeness (QED) is 0.211. The second-order valence-electron chi connectivity index (χ2n) is 12.4. The van der Waals surface area contributed by atoms with Crippen LogP contribution in [0.2, 0.25) is 0 Å². The van der Waals surface area contributed by atoms with Crippen LogP contribution < -0.4 is 15.4 Å². The maximum Gasteiger partial charge on any atom is 0.417 e. The number of hydrogen-bond acceptors (Lipinski definition) is 9. The Hall–Kier alpha value is -4.62. The first kappa shape index (κ1) is 30.7. The Morgan fingerprint density at radius 1 is 1.15 bits per heavy atom. The van der Waals surface area contributed by atoms with Gasteiger partial charge in [0.05, 0.1) is 40.1 Å². The molecule has 2 N–H and O–H groups in total. The van der Waals surface area contributed by atoms with E-state index in [1.54, 1.807) is 21.8 Å². The molecule has 16 heteroatoms. The predicted molar refractivity (Wildman–Crippen MR) is 166 cm³/mol. The van der Waals surface area contributed by atoms with E-state index in [0.717, 1.165) is 30.3 Å². The van der Waals surface area contributed by atoms with Gasteiger partial charge < -0.3 is 15.4 Å². The standard InChI is InChI=1S/C32H26F6N8OS/c33-16-11-31(5-1-7-45(31)13-16)15-47-30-42-26-19(29(43-30)44-8-9-46-17(14-44)4-6-41-46)10-21(32(36,37)38)24(25(26)35)18-2-3-22(34)27-23(18)20(12-39)28(40)48-27/h2-4,6,10,16H,1,5,7-9,11,13-15,40H2. The lowest BCUT2D eigenvalue weighted by atomic mass is 9.92. The summed E-state index contributed by atoms with van der Waals surface area (Å²) in [6.45, 7) is 1.91. The van der Waals surface area contributed by atoms with E-state index >= 15 is 4.39 Å². The van der Waals surface area contributed by atoms with Crippen LogP contribution in [0.1, 0.15) is 36.1 Å². The number of nitrogen functional groups attached to an aromatic ring is 1. The number of thiophene rings is 1. The van der Waals surface area contributed by atoms with Crippen molar-refractivity contribution in [2.24, 2.45) is 0 Å². The van der Waals surface area contributed by atoms with Crippen molar-refractivity contribution in [3.63, 3.8) is 0 Å². The van der Waals surface area contributed by atoms with Crippen LogP contribution in [0.25, 0.3) is 32.1 Å². The molecule has 5 aromatic rings. The van der Waals surface area contributed by atoms with Gasteiger partial charge in [0, 0.05) is 42.0 Å². The Labute approximate surface area is 273 Å². The van der Waals surface area contributed by atoms with Gasteiger partial charge in [0.2, 0.25) is 0 Å². The lowest BCUT2D eigenvalue weighted by molar-refractivity contribution is -0.137. The number of nitrogens with zero attached hydrogens (tertiary/aromatic N) is 7. The van der Waals surface area contributed by atoms with Gasteiger partial charge in [-0.15, -0.1) is 11.3 Å². The molecular weight excluding hydrogens is 658 g/mol. The SMILES string of the molecule is N#Cc1c(N)sc2c(F)ccc(-c3c(C(F)(F)F)cc4c(N5CCn6nccc6C5)nc(OCC56CCCN5CC(F)C6)nc4c3F)c12. The Bertz CT molecular complexity index is 2160. The number of alkyl halides is 4. The minimum atomic E-state index is -5.08. The zero-order chi connectivity index (χ0) is 33.5. The number of rotatable bonds is 5. The van der Waals surface area contributed by atoms with Crippen molar-refractivity contribution in [3.8, 4) is 23.2 Å². The molecule has 0 saturated carbocycles. The fourth-order valence-electron chi connectivity index (χ4n) is 7.51. The fraction of sp³-hybridized carbons (Fsp3) is 0.375. The number of ether oxygens (including phenoxy) is 1. The highest BCUT2D eigenvalue weighted by molar-refractivity contribution is 7.23. The van der Waals surface area contributed by atoms with Gasteiger partial charge in [-0.05, 0) is 43.1 Å².